The van der Waals surface area contributed by atoms with E-state index in [0.717, 1.165) is 10.2 Å². The minimum Gasteiger partial charge on any atom is -0.467 e. The van der Waals surface area contributed by atoms with Gasteiger partial charge in [-0.1, -0.05) is 23.4 Å². The van der Waals surface area contributed by atoms with Gasteiger partial charge in [0.25, 0.3) is 10.0 Å². The number of thiazole rings is 1. The zero-order valence-corrected chi connectivity index (χ0v) is 18.4. The van der Waals surface area contributed by atoms with Crippen molar-refractivity contribution in [2.24, 2.45) is 0 Å². The highest BCUT2D eigenvalue weighted by Gasteiger charge is 2.17. The summed E-state index contributed by atoms with van der Waals surface area (Å²) >= 11 is 7.40. The molecule has 2 aromatic carbocycles. The molecule has 0 saturated heterocycles. The van der Waals surface area contributed by atoms with Gasteiger partial charge in [0.15, 0.2) is 6.10 Å². The molecule has 0 unspecified atom stereocenters. The Morgan fingerprint density at radius 1 is 1.30 bits per heavy atom. The van der Waals surface area contributed by atoms with Crippen molar-refractivity contribution in [3.63, 3.8) is 0 Å². The van der Waals surface area contributed by atoms with Crippen LogP contribution in [0.3, 0.4) is 0 Å². The molecule has 0 spiro atoms. The predicted octanol–water partition coefficient (Wildman–Crippen LogP) is 3.68. The van der Waals surface area contributed by atoms with E-state index in [0.29, 0.717) is 10.6 Å². The molecular weight excluding hydrogens is 448 g/mol. The molecule has 0 bridgehead atoms. The minimum absolute atomic E-state index is 0.0446. The third-order valence-electron chi connectivity index (χ3n) is 4.00. The van der Waals surface area contributed by atoms with Gasteiger partial charge in [0.1, 0.15) is 6.61 Å². The SMILES string of the molecule is COC(=O)[C@@H](C)OCC#Cc1cc(Cl)ccc1NS(=O)(=O)c1ccc2ncsc2c1. The maximum Gasteiger partial charge on any atom is 0.334 e. The van der Waals surface area contributed by atoms with Gasteiger partial charge in [-0.2, -0.15) is 0 Å². The maximum atomic E-state index is 12.8. The summed E-state index contributed by atoms with van der Waals surface area (Å²) in [7, 11) is -2.58. The summed E-state index contributed by atoms with van der Waals surface area (Å²) in [5.41, 5.74) is 3.04. The second-order valence-electron chi connectivity index (χ2n) is 6.06. The summed E-state index contributed by atoms with van der Waals surface area (Å²) in [4.78, 5) is 15.6. The minimum atomic E-state index is -3.85. The van der Waals surface area contributed by atoms with E-state index in [9.17, 15) is 13.2 Å². The topological polar surface area (TPSA) is 94.6 Å². The Labute approximate surface area is 183 Å². The van der Waals surface area contributed by atoms with Gasteiger partial charge in [-0.3, -0.25) is 4.72 Å². The van der Waals surface area contributed by atoms with Gasteiger partial charge in [-0.15, -0.1) is 11.3 Å². The highest BCUT2D eigenvalue weighted by atomic mass is 35.5. The van der Waals surface area contributed by atoms with Crippen molar-refractivity contribution >= 4 is 54.8 Å². The lowest BCUT2D eigenvalue weighted by atomic mass is 10.2. The molecule has 156 valence electrons. The van der Waals surface area contributed by atoms with E-state index >= 15 is 0 Å². The van der Waals surface area contributed by atoms with Crippen molar-refractivity contribution in [3.8, 4) is 11.8 Å². The molecule has 0 radical (unpaired) electrons. The molecule has 0 saturated carbocycles. The largest absolute Gasteiger partial charge is 0.467 e. The number of rotatable bonds is 6. The van der Waals surface area contributed by atoms with E-state index in [4.69, 9.17) is 16.3 Å². The number of ether oxygens (including phenoxy) is 2. The van der Waals surface area contributed by atoms with Crippen molar-refractivity contribution in [2.45, 2.75) is 17.9 Å². The van der Waals surface area contributed by atoms with Crippen LogP contribution in [0.1, 0.15) is 12.5 Å². The molecule has 0 amide bonds. The number of hydrogen-bond donors (Lipinski definition) is 1. The number of carbonyl (C=O) groups is 1. The highest BCUT2D eigenvalue weighted by Crippen LogP contribution is 2.26. The summed E-state index contributed by atoms with van der Waals surface area (Å²) in [6.45, 7) is 1.50. The molecule has 0 aliphatic heterocycles. The number of hydrogen-bond acceptors (Lipinski definition) is 7. The second kappa shape index (κ2) is 9.45. The van der Waals surface area contributed by atoms with Crippen LogP contribution in [0.25, 0.3) is 10.2 Å². The van der Waals surface area contributed by atoms with Crippen LogP contribution in [0.15, 0.2) is 46.8 Å². The molecule has 7 nitrogen and oxygen atoms in total. The third kappa shape index (κ3) is 5.29. The van der Waals surface area contributed by atoms with Gasteiger partial charge in [0.05, 0.1) is 39.0 Å². The second-order valence-corrected chi connectivity index (χ2v) is 9.06. The van der Waals surface area contributed by atoms with E-state index in [1.54, 1.807) is 36.7 Å². The molecule has 1 aromatic heterocycles. The summed E-state index contributed by atoms with van der Waals surface area (Å²) in [6, 6.07) is 9.36. The average Bonchev–Trinajstić information content (AvgIpc) is 3.20. The fraction of sp³-hybridized carbons (Fsp3) is 0.200. The van der Waals surface area contributed by atoms with Crippen LogP contribution in [-0.4, -0.2) is 39.2 Å². The fourth-order valence-corrected chi connectivity index (χ4v) is 4.52. The van der Waals surface area contributed by atoms with Crippen LogP contribution < -0.4 is 4.72 Å². The Balaban J connectivity index is 1.81. The van der Waals surface area contributed by atoms with Crippen molar-refractivity contribution < 1.29 is 22.7 Å². The number of aromatic nitrogens is 1. The Bertz CT molecular complexity index is 1240. The molecule has 3 aromatic rings. The van der Waals surface area contributed by atoms with Crippen molar-refractivity contribution in [3.05, 3.63) is 52.5 Å². The lowest BCUT2D eigenvalue weighted by molar-refractivity contribution is -0.151. The average molecular weight is 465 g/mol. The van der Waals surface area contributed by atoms with Crippen LogP contribution in [0.5, 0.6) is 0 Å². The first-order valence-corrected chi connectivity index (χ1v) is 11.4. The van der Waals surface area contributed by atoms with Gasteiger partial charge >= 0.3 is 5.97 Å². The van der Waals surface area contributed by atoms with Crippen molar-refractivity contribution in [2.75, 3.05) is 18.4 Å². The van der Waals surface area contributed by atoms with Gasteiger partial charge < -0.3 is 9.47 Å². The Morgan fingerprint density at radius 2 is 2.10 bits per heavy atom. The quantitative estimate of drug-likeness (QED) is 0.441. The first-order valence-electron chi connectivity index (χ1n) is 8.64. The third-order valence-corrected chi connectivity index (χ3v) is 6.39. The number of carbonyl (C=O) groups excluding carboxylic acids is 1. The number of sulfonamides is 1. The predicted molar refractivity (Wildman–Crippen MR) is 116 cm³/mol. The molecule has 1 atom stereocenters. The molecule has 30 heavy (non-hydrogen) atoms. The molecule has 0 fully saturated rings. The number of benzene rings is 2. The molecule has 1 heterocycles. The normalized spacial score (nSPS) is 12.1. The van der Waals surface area contributed by atoms with Gasteiger partial charge in [-0.05, 0) is 43.3 Å². The van der Waals surface area contributed by atoms with Crippen LogP contribution in [0.4, 0.5) is 5.69 Å². The van der Waals surface area contributed by atoms with Gasteiger partial charge in [0, 0.05) is 5.02 Å². The lowest BCUT2D eigenvalue weighted by Crippen LogP contribution is -2.22. The Morgan fingerprint density at radius 3 is 2.87 bits per heavy atom. The van der Waals surface area contributed by atoms with Crippen molar-refractivity contribution in [1.29, 1.82) is 0 Å². The molecule has 1 N–H and O–H groups in total. The monoisotopic (exact) mass is 464 g/mol. The molecule has 3 rings (SSSR count). The van der Waals surface area contributed by atoms with Crippen molar-refractivity contribution in [1.82, 2.24) is 4.98 Å². The Kier molecular flexibility index (Phi) is 6.95. The van der Waals surface area contributed by atoms with Crippen LogP contribution in [0.2, 0.25) is 5.02 Å². The fourth-order valence-electron chi connectivity index (χ4n) is 2.45. The number of fused-ring (bicyclic) bond motifs is 1. The van der Waals surface area contributed by atoms with E-state index in [1.807, 2.05) is 0 Å². The first kappa shape index (κ1) is 22.1. The summed E-state index contributed by atoms with van der Waals surface area (Å²) in [5.74, 6) is 5.06. The molecule has 10 heteroatoms. The van der Waals surface area contributed by atoms with Crippen LogP contribution in [-0.2, 0) is 24.3 Å². The summed E-state index contributed by atoms with van der Waals surface area (Å²) in [6.07, 6.45) is -0.761. The maximum absolute atomic E-state index is 12.8. The van der Waals surface area contributed by atoms with E-state index < -0.39 is 22.1 Å². The van der Waals surface area contributed by atoms with Crippen LogP contribution in [0, 0.1) is 11.8 Å². The van der Waals surface area contributed by atoms with E-state index in [-0.39, 0.29) is 17.2 Å². The number of nitrogens with zero attached hydrogens (tertiary/aromatic N) is 1. The van der Waals surface area contributed by atoms with E-state index in [1.165, 1.54) is 30.6 Å². The summed E-state index contributed by atoms with van der Waals surface area (Å²) in [5, 5.41) is 0.400. The smallest absolute Gasteiger partial charge is 0.334 e. The van der Waals surface area contributed by atoms with Gasteiger partial charge in [-0.25, -0.2) is 18.2 Å². The lowest BCUT2D eigenvalue weighted by Gasteiger charge is -2.10. The number of esters is 1. The number of nitrogens with one attached hydrogen (secondary N) is 1. The number of methoxy groups -OCH3 is 1. The first-order chi connectivity index (χ1) is 14.3. The Hall–Kier alpha value is -2.64. The summed E-state index contributed by atoms with van der Waals surface area (Å²) < 4.78 is 38.8. The molecule has 0 aliphatic carbocycles. The van der Waals surface area contributed by atoms with E-state index in [2.05, 4.69) is 26.3 Å². The zero-order chi connectivity index (χ0) is 21.7. The number of anilines is 1. The molecular formula is C20H17ClN2O5S2. The van der Waals surface area contributed by atoms with Gasteiger partial charge in [0.2, 0.25) is 0 Å². The standard InChI is InChI=1S/C20H17ClN2O5S2/c1-13(20(24)27-2)28-9-3-4-14-10-15(21)5-7-17(14)23-30(25,26)16-6-8-18-19(11-16)29-12-22-18/h5-8,10-13,23H,9H2,1-2H3/t13-/m1/s1. The highest BCUT2D eigenvalue weighted by molar-refractivity contribution is 7.92. The molecule has 0 aliphatic rings. The van der Waals surface area contributed by atoms with Crippen LogP contribution >= 0.6 is 22.9 Å². The zero-order valence-electron chi connectivity index (χ0n) is 16.0. The number of halogens is 1.